The van der Waals surface area contributed by atoms with E-state index in [1.54, 1.807) is 128 Å². The van der Waals surface area contributed by atoms with E-state index in [1.807, 2.05) is 52.0 Å². The van der Waals surface area contributed by atoms with Crippen molar-refractivity contribution in [2.24, 2.45) is 34.8 Å². The molecule has 14 atom stereocenters. The molecule has 32 nitrogen and oxygen atoms in total. The van der Waals surface area contributed by atoms with Crippen LogP contribution in [0.25, 0.3) is 10.9 Å². The lowest BCUT2D eigenvalue weighted by Crippen LogP contribution is -2.61. The number of primary amides is 1. The Morgan fingerprint density at radius 2 is 0.818 bits per heavy atom. The summed E-state index contributed by atoms with van der Waals surface area (Å²) in [6, 6.07) is 27.4. The standard InChI is InChI=1S/C89H121N19O13/c1-6-55(4)75(91)85(118)105-69(47-54(2)3)86(119)106-44-24-39-72(106)82(115)100-66(48-57-27-11-7-12-28-57)80(113)99-65(37-21-22-42-90)78(111)103-70(50-59-31-15-9-16-32-59)87(120)107-45-25-40-73(107)83(116)101-67(49-58-29-13-8-14-30-58)81(114)104-71(51-60-33-17-10-18-34-60)88(121)108-46-26-41-74(108)84(117)102-68(52-61-53-96-63-36-20-19-35-62(61)63)79(112)97-56(5)77(110)98-64(76(92)109)38-23-43-95-89(93)94/h7-20,27-36,53-56,64-75,96H,6,21-26,37-52,90-91H2,1-5H3,(H2,92,109)(H,97,112)(H,98,110)(H,99,113)(H,100,115)(H,101,116)(H,102,117)(H,103,111)(H,104,114)(H,105,118)(H4,93,94,95)/t55-,56-,64-,65-,66-,67-,68-,69-,70-,71-,72-,73-,74-,75-/m0/s1. The number of likely N-dealkylation sites (tertiary alicyclic amines) is 3. The van der Waals surface area contributed by atoms with Gasteiger partial charge in [-0.15, -0.1) is 0 Å². The number of carbonyl (C=O) groups is 13. The lowest BCUT2D eigenvalue weighted by molar-refractivity contribution is -0.143. The van der Waals surface area contributed by atoms with Gasteiger partial charge in [-0.1, -0.05) is 174 Å². The van der Waals surface area contributed by atoms with E-state index in [9.17, 15) is 33.6 Å². The number of amides is 13. The highest BCUT2D eigenvalue weighted by Crippen LogP contribution is 2.27. The van der Waals surface area contributed by atoms with E-state index >= 15 is 28.8 Å². The van der Waals surface area contributed by atoms with Gasteiger partial charge in [-0.3, -0.25) is 67.7 Å². The van der Waals surface area contributed by atoms with Crippen molar-refractivity contribution in [3.63, 3.8) is 0 Å². The molecule has 121 heavy (non-hydrogen) atoms. The van der Waals surface area contributed by atoms with Gasteiger partial charge >= 0.3 is 0 Å². The lowest BCUT2D eigenvalue weighted by atomic mass is 9.97. The minimum absolute atomic E-state index is 0.0216. The highest BCUT2D eigenvalue weighted by atomic mass is 16.2. The van der Waals surface area contributed by atoms with Crippen molar-refractivity contribution in [2.75, 3.05) is 32.7 Å². The number of unbranched alkanes of at least 4 members (excludes halogenated alkanes) is 1. The van der Waals surface area contributed by atoms with Gasteiger partial charge < -0.3 is 95.8 Å². The van der Waals surface area contributed by atoms with Crippen LogP contribution in [0.5, 0.6) is 0 Å². The van der Waals surface area contributed by atoms with Crippen LogP contribution in [0.2, 0.25) is 0 Å². The number of H-pyrrole nitrogens is 1. The van der Waals surface area contributed by atoms with Gasteiger partial charge in [0.15, 0.2) is 5.96 Å². The number of rotatable bonds is 44. The number of aromatic nitrogens is 1. The van der Waals surface area contributed by atoms with Crippen molar-refractivity contribution < 1.29 is 62.3 Å². The Labute approximate surface area is 706 Å². The summed E-state index contributed by atoms with van der Waals surface area (Å²) in [6.07, 6.45) is 5.35. The summed E-state index contributed by atoms with van der Waals surface area (Å²) in [5.74, 6) is -9.21. The molecule has 1 aromatic heterocycles. The third-order valence-corrected chi connectivity index (χ3v) is 22.7. The molecule has 0 aliphatic carbocycles. The molecule has 0 radical (unpaired) electrons. The number of carbonyl (C=O) groups excluding carboxylic acids is 13. The smallest absolute Gasteiger partial charge is 0.246 e. The van der Waals surface area contributed by atoms with Crippen LogP contribution in [-0.2, 0) is 94.4 Å². The topological polar surface area (TPSA) is 496 Å². The van der Waals surface area contributed by atoms with Gasteiger partial charge in [0.25, 0.3) is 0 Å². The quantitative estimate of drug-likeness (QED) is 0.0148. The van der Waals surface area contributed by atoms with Gasteiger partial charge in [0.1, 0.15) is 72.5 Å². The zero-order valence-electron chi connectivity index (χ0n) is 69.8. The molecule has 6 aromatic rings. The molecule has 3 aliphatic heterocycles. The van der Waals surface area contributed by atoms with Gasteiger partial charge in [-0.2, -0.15) is 0 Å². The number of para-hydroxylation sites is 1. The summed E-state index contributed by atoms with van der Waals surface area (Å²) in [4.78, 5) is 198. The van der Waals surface area contributed by atoms with Crippen LogP contribution >= 0.6 is 0 Å². The summed E-state index contributed by atoms with van der Waals surface area (Å²) in [6.45, 7) is 9.87. The summed E-state index contributed by atoms with van der Waals surface area (Å²) >= 11 is 0. The highest BCUT2D eigenvalue weighted by Gasteiger charge is 2.45. The second-order valence-electron chi connectivity index (χ2n) is 32.3. The molecule has 650 valence electrons. The number of hydrogen-bond acceptors (Lipinski definition) is 16. The van der Waals surface area contributed by atoms with Crippen LogP contribution in [0.3, 0.4) is 0 Å². The van der Waals surface area contributed by atoms with Crippen molar-refractivity contribution >= 4 is 93.7 Å². The fourth-order valence-corrected chi connectivity index (χ4v) is 15.8. The second-order valence-corrected chi connectivity index (χ2v) is 32.3. The van der Waals surface area contributed by atoms with Crippen LogP contribution in [0.1, 0.15) is 146 Å². The maximum Gasteiger partial charge on any atom is 0.246 e. The van der Waals surface area contributed by atoms with E-state index in [1.165, 1.54) is 21.6 Å². The molecule has 9 rings (SSSR count). The van der Waals surface area contributed by atoms with Gasteiger partial charge in [0.2, 0.25) is 76.8 Å². The van der Waals surface area contributed by atoms with Crippen LogP contribution in [0, 0.1) is 17.2 Å². The molecule has 3 fully saturated rings. The Morgan fingerprint density at radius 3 is 1.25 bits per heavy atom. The fraction of sp³-hybridized carbons (Fsp3) is 0.483. The molecule has 3 aliphatic rings. The molecule has 5 aromatic carbocycles. The molecule has 13 amide bonds. The molecule has 20 N–H and O–H groups in total. The SMILES string of the molecule is CC[C@H](C)[C@H](N)C(=O)N[C@@H](CC(C)C)C(=O)N1CCC[C@H]1C(=O)N[C@@H](Cc1ccccc1)C(=O)N[C@@H](CCCCN)C(=O)N[C@@H](Cc1ccccc1)C(=O)N1CCC[C@H]1C(=O)N[C@@H](Cc1ccccc1)C(=O)N[C@@H](Cc1ccccc1)C(=O)N1CCC[C@H]1C(=O)N[C@@H](Cc1c[nH]c2ccccc12)C(=O)N[C@@H](C)C(=O)N[C@@H](CCCNC(=N)N)C(N)=O. The molecule has 0 bridgehead atoms. The van der Waals surface area contributed by atoms with Crippen LogP contribution in [0.15, 0.2) is 152 Å². The van der Waals surface area contributed by atoms with Crippen molar-refractivity contribution in [1.82, 2.24) is 72.9 Å². The van der Waals surface area contributed by atoms with Gasteiger partial charge in [0, 0.05) is 75.4 Å². The summed E-state index contributed by atoms with van der Waals surface area (Å²) in [5.41, 5.74) is 27.4. The number of nitrogens with one attached hydrogen (secondary N) is 12. The van der Waals surface area contributed by atoms with E-state index in [4.69, 9.17) is 28.3 Å². The van der Waals surface area contributed by atoms with E-state index in [0.29, 0.717) is 72.8 Å². The molecule has 0 unspecified atom stereocenters. The van der Waals surface area contributed by atoms with Crippen LogP contribution in [-0.4, -0.2) is 214 Å². The minimum Gasteiger partial charge on any atom is -0.370 e. The van der Waals surface area contributed by atoms with Gasteiger partial charge in [-0.25, -0.2) is 0 Å². The lowest BCUT2D eigenvalue weighted by Gasteiger charge is -2.32. The van der Waals surface area contributed by atoms with Crippen LogP contribution in [0.4, 0.5) is 0 Å². The largest absolute Gasteiger partial charge is 0.370 e. The average Bonchev–Trinajstić information content (AvgIpc) is 1.73. The van der Waals surface area contributed by atoms with Gasteiger partial charge in [-0.05, 0) is 136 Å². The Morgan fingerprint density at radius 1 is 0.438 bits per heavy atom. The zero-order valence-corrected chi connectivity index (χ0v) is 69.8. The number of fused-ring (bicyclic) bond motifs is 1. The Kier molecular flexibility index (Phi) is 35.2. The second kappa shape index (κ2) is 45.9. The predicted octanol–water partition coefficient (Wildman–Crippen LogP) is 2.33. The van der Waals surface area contributed by atoms with Crippen molar-refractivity contribution in [2.45, 2.75) is 229 Å². The molecule has 4 heterocycles. The number of hydrogen-bond donors (Lipinski definition) is 16. The zero-order chi connectivity index (χ0) is 87.2. The number of guanidine groups is 1. The maximum absolute atomic E-state index is 15.6. The maximum atomic E-state index is 15.6. The third-order valence-electron chi connectivity index (χ3n) is 22.7. The van der Waals surface area contributed by atoms with E-state index < -0.39 is 155 Å². The minimum atomic E-state index is -1.38. The molecule has 0 saturated carbocycles. The summed E-state index contributed by atoms with van der Waals surface area (Å²) in [5, 5.41) is 36.5. The molecular weight excluding hydrogens is 1540 g/mol. The number of aromatic amines is 1. The highest BCUT2D eigenvalue weighted by molar-refractivity contribution is 6.01. The Balaban J connectivity index is 0.929. The van der Waals surface area contributed by atoms with E-state index in [2.05, 4.69) is 58.2 Å². The first-order valence-corrected chi connectivity index (χ1v) is 42.3. The first-order valence-electron chi connectivity index (χ1n) is 42.3. The number of benzene rings is 5. The third kappa shape index (κ3) is 27.0. The first kappa shape index (κ1) is 92.8. The molecule has 32 heteroatoms. The predicted molar refractivity (Wildman–Crippen MR) is 458 cm³/mol. The van der Waals surface area contributed by atoms with Gasteiger partial charge in [0.05, 0.1) is 6.04 Å². The van der Waals surface area contributed by atoms with Crippen molar-refractivity contribution in [1.29, 1.82) is 5.41 Å². The van der Waals surface area contributed by atoms with Crippen molar-refractivity contribution in [3.05, 3.63) is 180 Å². The first-order chi connectivity index (χ1) is 58.1. The molecule has 0 spiro atoms. The molecule has 3 saturated heterocycles. The van der Waals surface area contributed by atoms with Crippen molar-refractivity contribution in [3.8, 4) is 0 Å². The Bertz CT molecular complexity index is 4520. The number of nitrogens with zero attached hydrogens (tertiary/aromatic N) is 3. The monoisotopic (exact) mass is 1660 g/mol. The van der Waals surface area contributed by atoms with Crippen LogP contribution < -0.4 is 76.1 Å². The number of nitrogens with two attached hydrogens (primary N) is 4. The van der Waals surface area contributed by atoms with E-state index in [-0.39, 0.29) is 121 Å². The average molecular weight is 1670 g/mol. The normalized spacial score (nSPS) is 17.8. The molecular formula is C89H121N19O13. The summed E-state index contributed by atoms with van der Waals surface area (Å²) < 4.78 is 0. The summed E-state index contributed by atoms with van der Waals surface area (Å²) in [7, 11) is 0. The van der Waals surface area contributed by atoms with E-state index in [0.717, 1.165) is 10.9 Å². The Hall–Kier alpha value is -12.1. The fourth-order valence-electron chi connectivity index (χ4n) is 15.8.